The van der Waals surface area contributed by atoms with Gasteiger partial charge < -0.3 is 10.1 Å². The fraction of sp³-hybridized carbons (Fsp3) is 0.846. The second-order valence-electron chi connectivity index (χ2n) is 5.80. The molecule has 0 radical (unpaired) electrons. The summed E-state index contributed by atoms with van der Waals surface area (Å²) >= 11 is 1.69. The van der Waals surface area contributed by atoms with Crippen LogP contribution >= 0.6 is 11.8 Å². The summed E-state index contributed by atoms with van der Waals surface area (Å²) in [6, 6.07) is 0.473. The average molecular weight is 311 g/mol. The van der Waals surface area contributed by atoms with Crippen LogP contribution in [0.5, 0.6) is 0 Å². The minimum absolute atomic E-state index is 0.169. The third-order valence-electron chi connectivity index (χ3n) is 4.39. The number of esters is 1. The van der Waals surface area contributed by atoms with Gasteiger partial charge in [0.05, 0.1) is 13.2 Å². The Kier molecular flexibility index (Phi) is 4.17. The molecule has 2 aliphatic rings. The Labute approximate surface area is 128 Å². The minimum Gasteiger partial charge on any atom is -0.468 e. The Morgan fingerprint density at radius 2 is 2.29 bits per heavy atom. The number of tetrazole rings is 1. The lowest BCUT2D eigenvalue weighted by molar-refractivity contribution is -0.149. The fourth-order valence-electron chi connectivity index (χ4n) is 3.00. The number of nitrogens with one attached hydrogen (secondary N) is 1. The molecule has 2 atom stereocenters. The van der Waals surface area contributed by atoms with Crippen molar-refractivity contribution in [3.8, 4) is 0 Å². The Bertz CT molecular complexity index is 518. The maximum atomic E-state index is 12.1. The molecule has 0 saturated heterocycles. The van der Waals surface area contributed by atoms with Crippen molar-refractivity contribution in [2.24, 2.45) is 0 Å². The predicted octanol–water partition coefficient (Wildman–Crippen LogP) is 1.17. The second kappa shape index (κ2) is 5.92. The van der Waals surface area contributed by atoms with Crippen molar-refractivity contribution in [2.45, 2.75) is 60.5 Å². The molecule has 7 nitrogen and oxygen atoms in total. The van der Waals surface area contributed by atoms with Crippen molar-refractivity contribution < 1.29 is 9.53 Å². The normalized spacial score (nSPS) is 29.3. The first-order valence-corrected chi connectivity index (χ1v) is 8.28. The zero-order valence-electron chi connectivity index (χ0n) is 12.4. The van der Waals surface area contributed by atoms with Crippen LogP contribution in [0, 0.1) is 0 Å². The van der Waals surface area contributed by atoms with Crippen LogP contribution in [0.3, 0.4) is 0 Å². The molecule has 0 aliphatic heterocycles. The van der Waals surface area contributed by atoms with Gasteiger partial charge >= 0.3 is 5.97 Å². The van der Waals surface area contributed by atoms with E-state index in [0.29, 0.717) is 11.3 Å². The molecule has 2 fully saturated rings. The molecule has 116 valence electrons. The Morgan fingerprint density at radius 1 is 1.48 bits per heavy atom. The number of ether oxygens (including phenoxy) is 1. The number of thioether (sulfide) groups is 1. The molecule has 2 aliphatic carbocycles. The molecular weight excluding hydrogens is 290 g/mol. The number of hydrogen-bond donors (Lipinski definition) is 1. The van der Waals surface area contributed by atoms with Crippen molar-refractivity contribution in [3.05, 3.63) is 0 Å². The highest BCUT2D eigenvalue weighted by Crippen LogP contribution is 2.41. The molecule has 2 saturated carbocycles. The second-order valence-corrected chi connectivity index (χ2v) is 7.06. The van der Waals surface area contributed by atoms with E-state index < -0.39 is 5.54 Å². The van der Waals surface area contributed by atoms with Gasteiger partial charge in [-0.1, -0.05) is 11.8 Å². The average Bonchev–Trinajstić information content (AvgIpc) is 3.26. The molecule has 3 rings (SSSR count). The highest BCUT2D eigenvalue weighted by Gasteiger charge is 2.43. The number of rotatable bonds is 5. The Morgan fingerprint density at radius 3 is 2.95 bits per heavy atom. The molecule has 0 amide bonds. The summed E-state index contributed by atoms with van der Waals surface area (Å²) in [6.07, 6.45) is 5.96. The van der Waals surface area contributed by atoms with Crippen LogP contribution in [0.25, 0.3) is 0 Å². The minimum atomic E-state index is -0.567. The monoisotopic (exact) mass is 311 g/mol. The molecule has 1 aromatic heterocycles. The summed E-state index contributed by atoms with van der Waals surface area (Å²) < 4.78 is 6.91. The maximum absolute atomic E-state index is 12.1. The lowest BCUT2D eigenvalue weighted by atomic mass is 9.81. The van der Waals surface area contributed by atoms with Crippen LogP contribution in [0.2, 0.25) is 0 Å². The molecule has 0 bridgehead atoms. The largest absolute Gasteiger partial charge is 0.468 e. The highest BCUT2D eigenvalue weighted by molar-refractivity contribution is 7.99. The van der Waals surface area contributed by atoms with Crippen molar-refractivity contribution >= 4 is 17.7 Å². The van der Waals surface area contributed by atoms with Gasteiger partial charge in [-0.2, -0.15) is 0 Å². The first-order chi connectivity index (χ1) is 10.2. The van der Waals surface area contributed by atoms with Crippen LogP contribution in [-0.2, 0) is 9.53 Å². The van der Waals surface area contributed by atoms with E-state index >= 15 is 0 Å². The predicted molar refractivity (Wildman–Crippen MR) is 78.0 cm³/mol. The SMILES string of the molecule is CNC1(C(=O)OC)CCCC(Sc2nnnn2C2CC2)C1. The highest BCUT2D eigenvalue weighted by atomic mass is 32.2. The van der Waals surface area contributed by atoms with Crippen LogP contribution in [0.15, 0.2) is 5.16 Å². The molecule has 1 aromatic rings. The van der Waals surface area contributed by atoms with E-state index in [1.807, 2.05) is 11.7 Å². The maximum Gasteiger partial charge on any atom is 0.326 e. The first-order valence-electron chi connectivity index (χ1n) is 7.40. The Balaban J connectivity index is 1.70. The Hall–Kier alpha value is -1.15. The number of nitrogens with zero attached hydrogens (tertiary/aromatic N) is 4. The molecule has 0 aromatic carbocycles. The molecule has 2 unspecified atom stereocenters. The zero-order chi connectivity index (χ0) is 14.9. The number of aromatic nitrogens is 4. The fourth-order valence-corrected chi connectivity index (χ4v) is 4.32. The first kappa shape index (κ1) is 14.8. The third kappa shape index (κ3) is 2.91. The standard InChI is InChI=1S/C13H21N5O2S/c1-14-13(11(19)20-2)7-3-4-10(8-13)21-12-15-16-17-18(12)9-5-6-9/h9-10,14H,3-8H2,1-2H3. The van der Waals surface area contributed by atoms with Gasteiger partial charge in [-0.05, 0) is 56.0 Å². The van der Waals surface area contributed by atoms with Crippen LogP contribution in [0.4, 0.5) is 0 Å². The van der Waals surface area contributed by atoms with E-state index in [0.717, 1.165) is 43.7 Å². The van der Waals surface area contributed by atoms with Gasteiger partial charge in [0.1, 0.15) is 5.54 Å². The summed E-state index contributed by atoms with van der Waals surface area (Å²) in [5.74, 6) is -0.169. The van der Waals surface area contributed by atoms with Gasteiger partial charge in [0.25, 0.3) is 0 Å². The summed E-state index contributed by atoms with van der Waals surface area (Å²) in [4.78, 5) is 12.1. The summed E-state index contributed by atoms with van der Waals surface area (Å²) in [5, 5.41) is 16.4. The van der Waals surface area contributed by atoms with Gasteiger partial charge in [0, 0.05) is 5.25 Å². The van der Waals surface area contributed by atoms with Crippen LogP contribution < -0.4 is 5.32 Å². The number of carbonyl (C=O) groups is 1. The smallest absolute Gasteiger partial charge is 0.326 e. The van der Waals surface area contributed by atoms with Gasteiger partial charge in [-0.25, -0.2) is 4.68 Å². The summed E-state index contributed by atoms with van der Waals surface area (Å²) in [6.45, 7) is 0. The van der Waals surface area contributed by atoms with Gasteiger partial charge in [-0.15, -0.1) is 5.10 Å². The van der Waals surface area contributed by atoms with Crippen molar-refractivity contribution in [3.63, 3.8) is 0 Å². The molecule has 8 heteroatoms. The van der Waals surface area contributed by atoms with E-state index in [9.17, 15) is 4.79 Å². The number of likely N-dealkylation sites (N-methyl/N-ethyl adjacent to an activating group) is 1. The number of methoxy groups -OCH3 is 1. The van der Waals surface area contributed by atoms with Gasteiger partial charge in [-0.3, -0.25) is 4.79 Å². The lowest BCUT2D eigenvalue weighted by Gasteiger charge is -2.37. The van der Waals surface area contributed by atoms with Gasteiger partial charge in [0.2, 0.25) is 5.16 Å². The van der Waals surface area contributed by atoms with Crippen molar-refractivity contribution in [2.75, 3.05) is 14.2 Å². The van der Waals surface area contributed by atoms with Crippen LogP contribution in [-0.4, -0.2) is 51.1 Å². The van der Waals surface area contributed by atoms with E-state index in [-0.39, 0.29) is 5.97 Å². The van der Waals surface area contributed by atoms with E-state index in [1.54, 1.807) is 11.8 Å². The molecule has 0 spiro atoms. The molecule has 1 N–H and O–H groups in total. The third-order valence-corrected chi connectivity index (χ3v) is 5.60. The number of carbonyl (C=O) groups excluding carboxylic acids is 1. The molecule has 1 heterocycles. The van der Waals surface area contributed by atoms with E-state index in [4.69, 9.17) is 4.74 Å². The summed E-state index contributed by atoms with van der Waals surface area (Å²) in [5.41, 5.74) is -0.567. The quantitative estimate of drug-likeness (QED) is 0.817. The molecule has 21 heavy (non-hydrogen) atoms. The summed E-state index contributed by atoms with van der Waals surface area (Å²) in [7, 11) is 3.28. The van der Waals surface area contributed by atoms with Crippen LogP contribution in [0.1, 0.15) is 44.6 Å². The van der Waals surface area contributed by atoms with E-state index in [2.05, 4.69) is 20.8 Å². The van der Waals surface area contributed by atoms with E-state index in [1.165, 1.54) is 7.11 Å². The molecular formula is C13H21N5O2S. The van der Waals surface area contributed by atoms with Crippen molar-refractivity contribution in [1.82, 2.24) is 25.5 Å². The van der Waals surface area contributed by atoms with Gasteiger partial charge in [0.15, 0.2) is 0 Å². The lowest BCUT2D eigenvalue weighted by Crippen LogP contribution is -2.54. The number of hydrogen-bond acceptors (Lipinski definition) is 7. The topological polar surface area (TPSA) is 81.9 Å². The van der Waals surface area contributed by atoms with Crippen molar-refractivity contribution in [1.29, 1.82) is 0 Å². The zero-order valence-corrected chi connectivity index (χ0v) is 13.2.